The molecule has 0 saturated heterocycles. The minimum absolute atomic E-state index is 0.0833. The Morgan fingerprint density at radius 2 is 0.702 bits per heavy atom. The van der Waals surface area contributed by atoms with Gasteiger partial charge in [0, 0.05) is 25.7 Å². The highest BCUT2D eigenvalue weighted by Crippen LogP contribution is 2.45. The first-order valence-corrected chi connectivity index (χ1v) is 36.2. The Balaban J connectivity index is 5.28. The van der Waals surface area contributed by atoms with Crippen molar-refractivity contribution < 1.29 is 80.2 Å². The number of ether oxygens (including phenoxy) is 4. The molecule has 0 fully saturated rings. The third kappa shape index (κ3) is 57.3. The molecule has 3 unspecified atom stereocenters. The van der Waals surface area contributed by atoms with Crippen molar-refractivity contribution in [3.63, 3.8) is 0 Å². The van der Waals surface area contributed by atoms with Crippen LogP contribution in [0.15, 0.2) is 24.3 Å². The van der Waals surface area contributed by atoms with Gasteiger partial charge in [-0.3, -0.25) is 37.3 Å². The lowest BCUT2D eigenvalue weighted by molar-refractivity contribution is -0.161. The summed E-state index contributed by atoms with van der Waals surface area (Å²) in [4.78, 5) is 72.2. The van der Waals surface area contributed by atoms with E-state index < -0.39 is 97.5 Å². The molecule has 0 aliphatic heterocycles. The molecule has 0 aliphatic carbocycles. The van der Waals surface area contributed by atoms with Gasteiger partial charge in [0.25, 0.3) is 0 Å². The van der Waals surface area contributed by atoms with E-state index in [0.29, 0.717) is 37.5 Å². The lowest BCUT2D eigenvalue weighted by Crippen LogP contribution is -2.30. The van der Waals surface area contributed by atoms with Gasteiger partial charge < -0.3 is 33.8 Å². The van der Waals surface area contributed by atoms with Crippen molar-refractivity contribution in [1.82, 2.24) is 0 Å². The highest BCUT2D eigenvalue weighted by atomic mass is 31.2. The Hall–Kier alpha value is -2.46. The molecular formula is C65H122O17P2. The molecule has 0 aromatic rings. The molecular weight excluding hydrogens is 1110 g/mol. The summed E-state index contributed by atoms with van der Waals surface area (Å²) in [7, 11) is -9.90. The summed E-state index contributed by atoms with van der Waals surface area (Å²) in [6.07, 6.45) is 40.1. The van der Waals surface area contributed by atoms with E-state index in [2.05, 4.69) is 72.8 Å². The van der Waals surface area contributed by atoms with Crippen LogP contribution in [0, 0.1) is 17.8 Å². The number of phosphoric ester groups is 2. The van der Waals surface area contributed by atoms with Crippen LogP contribution < -0.4 is 0 Å². The Kier molecular flexibility index (Phi) is 54.2. The quantitative estimate of drug-likeness (QED) is 0.0169. The SMILES string of the molecule is CCCCCC/C=C\C=C/CCCCCCCC(=O)O[C@H](COC(=O)CCCCCCCCC(C)CC)COP(=O)(O)OC[C@H](O)COP(=O)(O)OC[C@@H](COC(=O)CCCCCCCCCC(C)C)OC(=O)CCCCCCCCC(C)C. The van der Waals surface area contributed by atoms with Crippen LogP contribution in [0.3, 0.4) is 0 Å². The molecule has 0 amide bonds. The van der Waals surface area contributed by atoms with Gasteiger partial charge in [-0.25, -0.2) is 9.13 Å². The molecule has 84 heavy (non-hydrogen) atoms. The molecule has 19 heteroatoms. The van der Waals surface area contributed by atoms with E-state index >= 15 is 0 Å². The van der Waals surface area contributed by atoms with Crippen molar-refractivity contribution in [3.05, 3.63) is 24.3 Å². The largest absolute Gasteiger partial charge is 0.472 e. The summed E-state index contributed by atoms with van der Waals surface area (Å²) in [6.45, 7) is 11.5. The maximum atomic E-state index is 13.0. The van der Waals surface area contributed by atoms with Crippen molar-refractivity contribution in [1.29, 1.82) is 0 Å². The number of carbonyl (C=O) groups excluding carboxylic acids is 4. The zero-order chi connectivity index (χ0) is 62.4. The van der Waals surface area contributed by atoms with Gasteiger partial charge in [0.05, 0.1) is 26.4 Å². The summed E-state index contributed by atoms with van der Waals surface area (Å²) < 4.78 is 67.9. The van der Waals surface area contributed by atoms with Crippen LogP contribution in [0.4, 0.5) is 0 Å². The standard InChI is InChI=1S/C65H122O17P2/c1-8-10-11-12-13-14-15-16-17-18-19-20-23-34-41-48-64(69)81-60(53-76-63(68)47-40-33-28-26-31-38-45-58(7)9-2)54-79-83(71,72)77-50-59(66)51-78-84(73,74)80-55-61(82-65(70)49-42-35-27-25-30-37-44-57(5)6)52-75-62(67)46-39-32-24-21-22-29-36-43-56(3)4/h14-17,56-61,66H,8-13,18-55H2,1-7H3,(H,71,72)(H,73,74)/b15-14-,17-16-/t58?,59-,60+,61+/m0/s1. The van der Waals surface area contributed by atoms with Crippen LogP contribution in [-0.2, 0) is 65.4 Å². The van der Waals surface area contributed by atoms with Gasteiger partial charge in [-0.05, 0) is 69.1 Å². The van der Waals surface area contributed by atoms with Gasteiger partial charge in [-0.15, -0.1) is 0 Å². The fourth-order valence-electron chi connectivity index (χ4n) is 9.08. The minimum Gasteiger partial charge on any atom is -0.462 e. The Morgan fingerprint density at radius 1 is 0.393 bits per heavy atom. The molecule has 0 heterocycles. The maximum Gasteiger partial charge on any atom is 0.472 e. The number of rotatable bonds is 61. The summed E-state index contributed by atoms with van der Waals surface area (Å²) >= 11 is 0. The molecule has 0 aliphatic rings. The lowest BCUT2D eigenvalue weighted by Gasteiger charge is -2.21. The zero-order valence-electron chi connectivity index (χ0n) is 53.8. The summed E-state index contributed by atoms with van der Waals surface area (Å²) in [5.74, 6) is -0.0730. The number of hydrogen-bond donors (Lipinski definition) is 3. The number of unbranched alkanes of at least 4 members (excludes halogenated alkanes) is 25. The first-order valence-electron chi connectivity index (χ1n) is 33.2. The number of hydrogen-bond acceptors (Lipinski definition) is 15. The van der Waals surface area contributed by atoms with E-state index in [1.165, 1.54) is 77.0 Å². The normalized spacial score (nSPS) is 14.9. The van der Waals surface area contributed by atoms with Gasteiger partial charge in [-0.1, -0.05) is 240 Å². The highest BCUT2D eigenvalue weighted by Gasteiger charge is 2.30. The third-order valence-corrected chi connectivity index (χ3v) is 16.5. The number of phosphoric acid groups is 2. The van der Waals surface area contributed by atoms with E-state index in [9.17, 15) is 43.2 Å². The molecule has 17 nitrogen and oxygen atoms in total. The van der Waals surface area contributed by atoms with Crippen molar-refractivity contribution >= 4 is 39.5 Å². The zero-order valence-corrected chi connectivity index (χ0v) is 55.6. The lowest BCUT2D eigenvalue weighted by atomic mass is 10.00. The van der Waals surface area contributed by atoms with Crippen molar-refractivity contribution in [2.24, 2.45) is 17.8 Å². The number of aliphatic hydroxyl groups is 1. The average Bonchev–Trinajstić information content (AvgIpc) is 3.47. The Bertz CT molecular complexity index is 1760. The molecule has 0 radical (unpaired) electrons. The third-order valence-electron chi connectivity index (χ3n) is 14.6. The molecule has 3 N–H and O–H groups in total. The van der Waals surface area contributed by atoms with Crippen LogP contribution >= 0.6 is 15.6 Å². The number of allylic oxidation sites excluding steroid dienone is 4. The second-order valence-corrected chi connectivity index (χ2v) is 26.9. The van der Waals surface area contributed by atoms with Gasteiger partial charge >= 0.3 is 39.5 Å². The minimum atomic E-state index is -4.95. The molecule has 0 aromatic carbocycles. The average molecular weight is 1240 g/mol. The molecule has 0 spiro atoms. The van der Waals surface area contributed by atoms with Gasteiger partial charge in [-0.2, -0.15) is 0 Å². The molecule has 0 rings (SSSR count). The predicted molar refractivity (Wildman–Crippen MR) is 335 cm³/mol. The van der Waals surface area contributed by atoms with Gasteiger partial charge in [0.15, 0.2) is 12.2 Å². The van der Waals surface area contributed by atoms with Crippen molar-refractivity contribution in [2.45, 2.75) is 311 Å². The molecule has 494 valence electrons. The monoisotopic (exact) mass is 1240 g/mol. The van der Waals surface area contributed by atoms with E-state index in [-0.39, 0.29) is 25.7 Å². The van der Waals surface area contributed by atoms with Gasteiger partial charge in [0.2, 0.25) is 0 Å². The van der Waals surface area contributed by atoms with Crippen molar-refractivity contribution in [3.8, 4) is 0 Å². The van der Waals surface area contributed by atoms with Crippen LogP contribution in [-0.4, -0.2) is 96.7 Å². The molecule has 0 aromatic heterocycles. The van der Waals surface area contributed by atoms with E-state index in [1.54, 1.807) is 0 Å². The number of aliphatic hydroxyl groups excluding tert-OH is 1. The fourth-order valence-corrected chi connectivity index (χ4v) is 10.7. The summed E-state index contributed by atoms with van der Waals surface area (Å²) in [5.41, 5.74) is 0. The Morgan fingerprint density at radius 3 is 1.06 bits per heavy atom. The topological polar surface area (TPSA) is 237 Å². The molecule has 6 atom stereocenters. The number of esters is 4. The van der Waals surface area contributed by atoms with Crippen LogP contribution in [0.5, 0.6) is 0 Å². The molecule has 0 saturated carbocycles. The second kappa shape index (κ2) is 55.8. The first kappa shape index (κ1) is 81.5. The maximum absolute atomic E-state index is 13.0. The fraction of sp³-hybridized carbons (Fsp3) is 0.877. The van der Waals surface area contributed by atoms with Crippen LogP contribution in [0.25, 0.3) is 0 Å². The van der Waals surface area contributed by atoms with Crippen molar-refractivity contribution in [2.75, 3.05) is 39.6 Å². The predicted octanol–water partition coefficient (Wildman–Crippen LogP) is 17.4. The van der Waals surface area contributed by atoms with E-state index in [1.807, 2.05) is 0 Å². The second-order valence-electron chi connectivity index (χ2n) is 24.0. The van der Waals surface area contributed by atoms with Crippen LogP contribution in [0.2, 0.25) is 0 Å². The smallest absolute Gasteiger partial charge is 0.462 e. The summed E-state index contributed by atoms with van der Waals surface area (Å²) in [5, 5.41) is 10.5. The van der Waals surface area contributed by atoms with Gasteiger partial charge in [0.1, 0.15) is 19.3 Å². The van der Waals surface area contributed by atoms with Crippen LogP contribution in [0.1, 0.15) is 292 Å². The highest BCUT2D eigenvalue weighted by molar-refractivity contribution is 7.47. The number of carbonyl (C=O) groups is 4. The summed E-state index contributed by atoms with van der Waals surface area (Å²) in [6, 6.07) is 0. The first-order chi connectivity index (χ1) is 40.3. The Labute approximate surface area is 510 Å². The molecule has 0 bridgehead atoms. The van der Waals surface area contributed by atoms with E-state index in [4.69, 9.17) is 37.0 Å². The van der Waals surface area contributed by atoms with E-state index in [0.717, 1.165) is 121 Å².